The molecule has 2 atom stereocenters. The van der Waals surface area contributed by atoms with Crippen molar-refractivity contribution < 1.29 is 24.2 Å². The molecule has 1 saturated carbocycles. The molecule has 0 bridgehead atoms. The van der Waals surface area contributed by atoms with Crippen molar-refractivity contribution in [3.63, 3.8) is 0 Å². The van der Waals surface area contributed by atoms with Gasteiger partial charge in [0.15, 0.2) is 0 Å². The lowest BCUT2D eigenvalue weighted by Gasteiger charge is -2.29. The highest BCUT2D eigenvalue weighted by Gasteiger charge is 2.35. The summed E-state index contributed by atoms with van der Waals surface area (Å²) in [5, 5.41) is 15.8. The van der Waals surface area contributed by atoms with Gasteiger partial charge < -0.3 is 20.5 Å². The molecule has 1 aliphatic rings. The molecule has 1 aliphatic carbocycles. The fourth-order valence-corrected chi connectivity index (χ4v) is 5.61. The van der Waals surface area contributed by atoms with E-state index in [0.717, 1.165) is 50.7 Å². The van der Waals surface area contributed by atoms with Gasteiger partial charge in [-0.05, 0) is 44.1 Å². The van der Waals surface area contributed by atoms with Gasteiger partial charge in [-0.3, -0.25) is 14.4 Å². The van der Waals surface area contributed by atoms with Gasteiger partial charge in [0.05, 0.1) is 24.1 Å². The molecular weight excluding hydrogens is 500 g/mol. The van der Waals surface area contributed by atoms with E-state index in [-0.39, 0.29) is 43.5 Å². The minimum Gasteiger partial charge on any atom is -0.463 e. The van der Waals surface area contributed by atoms with Gasteiger partial charge in [0.2, 0.25) is 11.8 Å². The highest BCUT2D eigenvalue weighted by atomic mass is 32.2. The minimum absolute atomic E-state index is 0.00652. The minimum atomic E-state index is -0.596. The van der Waals surface area contributed by atoms with E-state index in [1.807, 2.05) is 36.4 Å². The number of benzene rings is 1. The summed E-state index contributed by atoms with van der Waals surface area (Å²) in [6.07, 6.45) is 10.0. The summed E-state index contributed by atoms with van der Waals surface area (Å²) in [6.45, 7) is 7.42. The molecule has 0 heterocycles. The molecule has 3 N–H and O–H groups in total. The molecule has 1 fully saturated rings. The van der Waals surface area contributed by atoms with Gasteiger partial charge in [0, 0.05) is 24.3 Å². The van der Waals surface area contributed by atoms with E-state index in [0.29, 0.717) is 18.6 Å². The SMILES string of the molecule is C=CCCCCC(=O)OCC(CSCc1ccccc1)NC(=O)C(CC=C)CC(=O)NC1(CO)CCCC1. The van der Waals surface area contributed by atoms with Crippen molar-refractivity contribution in [2.24, 2.45) is 5.92 Å². The molecule has 0 aromatic heterocycles. The monoisotopic (exact) mass is 544 g/mol. The zero-order valence-corrected chi connectivity index (χ0v) is 23.3. The molecule has 1 aromatic rings. The number of hydrogen-bond acceptors (Lipinski definition) is 6. The smallest absolute Gasteiger partial charge is 0.305 e. The molecule has 0 spiro atoms. The summed E-state index contributed by atoms with van der Waals surface area (Å²) >= 11 is 1.65. The number of carbonyl (C=O) groups is 3. The van der Waals surface area contributed by atoms with Crippen LogP contribution < -0.4 is 10.6 Å². The highest BCUT2D eigenvalue weighted by Crippen LogP contribution is 2.29. The predicted octanol–water partition coefficient (Wildman–Crippen LogP) is 4.70. The topological polar surface area (TPSA) is 105 Å². The second kappa shape index (κ2) is 17.8. The van der Waals surface area contributed by atoms with Crippen LogP contribution in [0.2, 0.25) is 0 Å². The van der Waals surface area contributed by atoms with Crippen LogP contribution in [-0.4, -0.2) is 53.4 Å². The van der Waals surface area contributed by atoms with Gasteiger partial charge in [0.25, 0.3) is 0 Å². The quantitative estimate of drug-likeness (QED) is 0.133. The van der Waals surface area contributed by atoms with E-state index in [9.17, 15) is 19.5 Å². The Hall–Kier alpha value is -2.58. The van der Waals surface area contributed by atoms with E-state index in [1.165, 1.54) is 5.56 Å². The maximum Gasteiger partial charge on any atom is 0.305 e. The molecule has 0 radical (unpaired) electrons. The van der Waals surface area contributed by atoms with Crippen LogP contribution in [0, 0.1) is 5.92 Å². The number of thioether (sulfide) groups is 1. The number of amides is 2. The largest absolute Gasteiger partial charge is 0.463 e. The third-order valence-corrected chi connectivity index (χ3v) is 7.96. The van der Waals surface area contributed by atoms with Crippen LogP contribution in [0.1, 0.15) is 69.8 Å². The van der Waals surface area contributed by atoms with E-state index in [1.54, 1.807) is 17.8 Å². The van der Waals surface area contributed by atoms with Crippen molar-refractivity contribution in [3.8, 4) is 0 Å². The first-order valence-electron chi connectivity index (χ1n) is 13.6. The van der Waals surface area contributed by atoms with Gasteiger partial charge in [0.1, 0.15) is 6.61 Å². The molecule has 210 valence electrons. The van der Waals surface area contributed by atoms with Crippen LogP contribution in [0.25, 0.3) is 0 Å². The molecule has 7 nitrogen and oxygen atoms in total. The first kappa shape index (κ1) is 31.6. The van der Waals surface area contributed by atoms with Crippen molar-refractivity contribution in [2.45, 2.75) is 81.5 Å². The zero-order chi connectivity index (χ0) is 27.6. The standard InChI is InChI=1S/C30H44N2O5S/c1-3-5-6-10-16-28(35)37-20-26(22-38-21-24-14-8-7-9-15-24)31-29(36)25(13-4-2)19-27(34)32-30(23-33)17-11-12-18-30/h3-4,7-9,14-15,25-26,33H,1-2,5-6,10-13,16-23H2,(H,31,36)(H,32,34). The number of unbranched alkanes of at least 4 members (excludes halogenated alkanes) is 2. The fraction of sp³-hybridized carbons (Fsp3) is 0.567. The number of rotatable bonds is 19. The van der Waals surface area contributed by atoms with Crippen LogP contribution in [0.3, 0.4) is 0 Å². The summed E-state index contributed by atoms with van der Waals surface area (Å²) in [5.41, 5.74) is 0.593. The summed E-state index contributed by atoms with van der Waals surface area (Å²) in [6, 6.07) is 9.65. The van der Waals surface area contributed by atoms with E-state index < -0.39 is 11.5 Å². The summed E-state index contributed by atoms with van der Waals surface area (Å²) < 4.78 is 5.51. The second-order valence-electron chi connectivity index (χ2n) is 10.0. The van der Waals surface area contributed by atoms with Gasteiger partial charge >= 0.3 is 5.97 Å². The molecule has 8 heteroatoms. The highest BCUT2D eigenvalue weighted by molar-refractivity contribution is 7.98. The number of ether oxygens (including phenoxy) is 1. The number of hydrogen-bond donors (Lipinski definition) is 3. The maximum atomic E-state index is 13.2. The molecule has 2 unspecified atom stereocenters. The molecule has 0 aliphatic heterocycles. The van der Waals surface area contributed by atoms with Crippen LogP contribution >= 0.6 is 11.8 Å². The van der Waals surface area contributed by atoms with Gasteiger partial charge in [-0.1, -0.05) is 55.3 Å². The summed E-state index contributed by atoms with van der Waals surface area (Å²) in [7, 11) is 0. The maximum absolute atomic E-state index is 13.2. The Labute approximate surface area is 231 Å². The lowest BCUT2D eigenvalue weighted by atomic mass is 9.95. The Kier molecular flexibility index (Phi) is 14.9. The van der Waals surface area contributed by atoms with Gasteiger partial charge in [-0.2, -0.15) is 11.8 Å². The van der Waals surface area contributed by atoms with Crippen molar-refractivity contribution in [2.75, 3.05) is 19.0 Å². The van der Waals surface area contributed by atoms with Crippen LogP contribution in [0.15, 0.2) is 55.6 Å². The fourth-order valence-electron chi connectivity index (χ4n) is 4.60. The Morgan fingerprint density at radius 2 is 1.84 bits per heavy atom. The predicted molar refractivity (Wildman–Crippen MR) is 154 cm³/mol. The lowest BCUT2D eigenvalue weighted by molar-refractivity contribution is -0.145. The molecule has 38 heavy (non-hydrogen) atoms. The van der Waals surface area contributed by atoms with Crippen molar-refractivity contribution in [1.82, 2.24) is 10.6 Å². The Balaban J connectivity index is 1.95. The lowest BCUT2D eigenvalue weighted by Crippen LogP contribution is -2.50. The van der Waals surface area contributed by atoms with E-state index in [2.05, 4.69) is 23.8 Å². The second-order valence-corrected chi connectivity index (χ2v) is 11.1. The number of aliphatic hydroxyl groups excluding tert-OH is 1. The Morgan fingerprint density at radius 1 is 1.11 bits per heavy atom. The number of allylic oxidation sites excluding steroid dienone is 2. The first-order chi connectivity index (χ1) is 18.4. The molecule has 2 rings (SSSR count). The summed E-state index contributed by atoms with van der Waals surface area (Å²) in [4.78, 5) is 38.3. The van der Waals surface area contributed by atoms with Crippen LogP contribution in [0.5, 0.6) is 0 Å². The molecule has 0 saturated heterocycles. The van der Waals surface area contributed by atoms with Crippen LogP contribution in [-0.2, 0) is 24.9 Å². The third-order valence-electron chi connectivity index (χ3n) is 6.78. The van der Waals surface area contributed by atoms with Crippen molar-refractivity contribution >= 4 is 29.5 Å². The number of nitrogens with one attached hydrogen (secondary N) is 2. The number of carbonyl (C=O) groups excluding carboxylic acids is 3. The average Bonchev–Trinajstić information content (AvgIpc) is 3.38. The third kappa shape index (κ3) is 11.9. The van der Waals surface area contributed by atoms with Gasteiger partial charge in [-0.25, -0.2) is 0 Å². The Bertz CT molecular complexity index is 886. The Morgan fingerprint density at radius 3 is 2.50 bits per heavy atom. The number of aliphatic hydroxyl groups is 1. The van der Waals surface area contributed by atoms with E-state index in [4.69, 9.17) is 4.74 Å². The summed E-state index contributed by atoms with van der Waals surface area (Å²) in [5.74, 6) is -0.0639. The zero-order valence-electron chi connectivity index (χ0n) is 22.5. The average molecular weight is 545 g/mol. The molecule has 2 amide bonds. The first-order valence-corrected chi connectivity index (χ1v) is 14.8. The van der Waals surface area contributed by atoms with Crippen molar-refractivity contribution in [1.29, 1.82) is 0 Å². The van der Waals surface area contributed by atoms with Crippen molar-refractivity contribution in [3.05, 3.63) is 61.2 Å². The normalized spacial score (nSPS) is 15.7. The van der Waals surface area contributed by atoms with Crippen LogP contribution in [0.4, 0.5) is 0 Å². The molecule has 1 aromatic carbocycles. The number of esters is 1. The van der Waals surface area contributed by atoms with E-state index >= 15 is 0 Å². The van der Waals surface area contributed by atoms with Gasteiger partial charge in [-0.15, -0.1) is 13.2 Å². The molecular formula is C30H44N2O5S.